The Hall–Kier alpha value is -3.00. The van der Waals surface area contributed by atoms with Crippen LogP contribution in [0.4, 0.5) is 5.82 Å². The number of carbonyl (C=O) groups excluding carboxylic acids is 1. The Morgan fingerprint density at radius 2 is 2.25 bits per heavy atom. The highest BCUT2D eigenvalue weighted by molar-refractivity contribution is 5.93. The molecule has 0 bridgehead atoms. The van der Waals surface area contributed by atoms with Crippen LogP contribution in [-0.4, -0.2) is 43.6 Å². The van der Waals surface area contributed by atoms with Crippen molar-refractivity contribution in [2.75, 3.05) is 12.3 Å². The topological polar surface area (TPSA) is 130 Å². The van der Waals surface area contributed by atoms with Gasteiger partial charge in [0.2, 0.25) is 0 Å². The van der Waals surface area contributed by atoms with Crippen LogP contribution in [0.15, 0.2) is 24.4 Å². The number of benzene rings is 1. The molecule has 8 heteroatoms. The van der Waals surface area contributed by atoms with Gasteiger partial charge in [0, 0.05) is 12.3 Å². The Morgan fingerprint density at radius 3 is 3.00 bits per heavy atom. The highest BCUT2D eigenvalue weighted by Gasteiger charge is 2.16. The molecular formula is C16H26N6O2. The number of hydrogen-bond acceptors (Lipinski definition) is 6. The Morgan fingerprint density at radius 1 is 1.46 bits per heavy atom. The van der Waals surface area contributed by atoms with Gasteiger partial charge in [0.1, 0.15) is 11.4 Å². The summed E-state index contributed by atoms with van der Waals surface area (Å²) in [4.78, 5) is 27.9. The number of aromatic nitrogens is 4. The number of nitrogen functional groups attached to an aromatic ring is 1. The summed E-state index contributed by atoms with van der Waals surface area (Å²) in [6.07, 6.45) is 0.650. The normalized spacial score (nSPS) is 12.3. The fourth-order valence-corrected chi connectivity index (χ4v) is 2.25. The van der Waals surface area contributed by atoms with Crippen LogP contribution in [-0.2, 0) is 0 Å². The van der Waals surface area contributed by atoms with E-state index in [1.165, 1.54) is 6.20 Å². The van der Waals surface area contributed by atoms with Crippen LogP contribution < -0.4 is 11.1 Å². The molecular weight excluding hydrogens is 308 g/mol. The molecule has 1 atom stereocenters. The summed E-state index contributed by atoms with van der Waals surface area (Å²) in [5.41, 5.74) is 9.05. The molecule has 2 heterocycles. The summed E-state index contributed by atoms with van der Waals surface area (Å²) in [6.45, 7) is 3.70. The van der Waals surface area contributed by atoms with Crippen molar-refractivity contribution in [2.24, 2.45) is 0 Å². The van der Waals surface area contributed by atoms with E-state index >= 15 is 0 Å². The molecule has 2 aromatic heterocycles. The Bertz CT molecular complexity index is 919. The second-order valence-corrected chi connectivity index (χ2v) is 5.65. The first-order chi connectivity index (χ1) is 11.4. The van der Waals surface area contributed by atoms with E-state index in [0.717, 1.165) is 16.6 Å². The van der Waals surface area contributed by atoms with Crippen molar-refractivity contribution in [2.45, 2.75) is 20.0 Å². The van der Waals surface area contributed by atoms with E-state index in [1.807, 2.05) is 25.1 Å². The van der Waals surface area contributed by atoms with Gasteiger partial charge in [-0.25, -0.2) is 15.0 Å². The van der Waals surface area contributed by atoms with E-state index in [1.54, 1.807) is 6.92 Å². The standard InChI is InChI=1S/C16H18N6O2.4H2/c1-8-3-4-10-11(5-8)22-15(21-10)13-14(17)18-7-12(20-13)16(24)19-6-9(2)23;;;;/h3-5,7,9,23H,6H2,1-2H3,(H2,17,18)(H,19,24)(H,21,22);4*1H. The number of anilines is 1. The monoisotopic (exact) mass is 334 g/mol. The van der Waals surface area contributed by atoms with E-state index in [0.29, 0.717) is 11.5 Å². The van der Waals surface area contributed by atoms with Crippen LogP contribution in [0, 0.1) is 6.92 Å². The van der Waals surface area contributed by atoms with Gasteiger partial charge in [0.25, 0.3) is 5.91 Å². The van der Waals surface area contributed by atoms with Gasteiger partial charge in [0.15, 0.2) is 11.6 Å². The average molecular weight is 334 g/mol. The van der Waals surface area contributed by atoms with E-state index in [-0.39, 0.29) is 23.8 Å². The first kappa shape index (κ1) is 15.9. The Kier molecular flexibility index (Phi) is 4.13. The lowest BCUT2D eigenvalue weighted by Crippen LogP contribution is -2.31. The number of aryl methyl sites for hydroxylation is 1. The number of nitrogens with one attached hydrogen (secondary N) is 2. The van der Waals surface area contributed by atoms with Crippen LogP contribution in [0.25, 0.3) is 22.6 Å². The zero-order chi connectivity index (χ0) is 17.3. The largest absolute Gasteiger partial charge is 0.392 e. The third-order valence-corrected chi connectivity index (χ3v) is 3.45. The quantitative estimate of drug-likeness (QED) is 0.577. The van der Waals surface area contributed by atoms with Crippen molar-refractivity contribution in [1.82, 2.24) is 25.3 Å². The molecule has 0 spiro atoms. The van der Waals surface area contributed by atoms with Gasteiger partial charge in [0.05, 0.1) is 23.3 Å². The molecule has 1 aromatic carbocycles. The second-order valence-electron chi connectivity index (χ2n) is 5.65. The Labute approximate surface area is 144 Å². The van der Waals surface area contributed by atoms with Crippen LogP contribution in [0.3, 0.4) is 0 Å². The third kappa shape index (κ3) is 3.18. The third-order valence-electron chi connectivity index (χ3n) is 3.45. The number of aliphatic hydroxyl groups is 1. The van der Waals surface area contributed by atoms with Crippen molar-refractivity contribution in [3.8, 4) is 11.5 Å². The minimum Gasteiger partial charge on any atom is -0.392 e. The SMILES string of the molecule is Cc1ccc2nc(-c3nc(C(=O)NCC(C)O)cnc3N)[nH]c2c1.[HH].[HH].[HH].[HH]. The van der Waals surface area contributed by atoms with Crippen molar-refractivity contribution < 1.29 is 15.6 Å². The number of H-pyrrole nitrogens is 1. The number of nitrogens with zero attached hydrogens (tertiary/aromatic N) is 3. The number of nitrogens with two attached hydrogens (primary N) is 1. The zero-order valence-electron chi connectivity index (χ0n) is 13.4. The van der Waals surface area contributed by atoms with Crippen molar-refractivity contribution in [1.29, 1.82) is 0 Å². The van der Waals surface area contributed by atoms with Gasteiger partial charge in [-0.05, 0) is 31.5 Å². The van der Waals surface area contributed by atoms with Crippen LogP contribution in [0.2, 0.25) is 0 Å². The highest BCUT2D eigenvalue weighted by Crippen LogP contribution is 2.23. The van der Waals surface area contributed by atoms with Gasteiger partial charge in [-0.15, -0.1) is 0 Å². The molecule has 0 aliphatic carbocycles. The Balaban J connectivity index is 0. The molecule has 5 N–H and O–H groups in total. The first-order valence-electron chi connectivity index (χ1n) is 7.49. The molecule has 3 rings (SSSR count). The lowest BCUT2D eigenvalue weighted by atomic mass is 10.2. The van der Waals surface area contributed by atoms with Crippen molar-refractivity contribution in [3.05, 3.63) is 35.7 Å². The van der Waals surface area contributed by atoms with Gasteiger partial charge in [-0.3, -0.25) is 4.79 Å². The summed E-state index contributed by atoms with van der Waals surface area (Å²) in [6, 6.07) is 5.82. The smallest absolute Gasteiger partial charge is 0.271 e. The van der Waals surface area contributed by atoms with E-state index in [2.05, 4.69) is 25.3 Å². The fourth-order valence-electron chi connectivity index (χ4n) is 2.25. The zero-order valence-corrected chi connectivity index (χ0v) is 13.4. The molecule has 0 radical (unpaired) electrons. The molecule has 1 unspecified atom stereocenters. The molecule has 0 fully saturated rings. The number of hydrogen-bond donors (Lipinski definition) is 4. The molecule has 24 heavy (non-hydrogen) atoms. The fraction of sp³-hybridized carbons (Fsp3) is 0.250. The number of carbonyl (C=O) groups is 1. The maximum Gasteiger partial charge on any atom is 0.271 e. The summed E-state index contributed by atoms with van der Waals surface area (Å²) in [5, 5.41) is 11.8. The molecule has 0 aliphatic rings. The molecule has 132 valence electrons. The average Bonchev–Trinajstić information content (AvgIpc) is 2.95. The van der Waals surface area contributed by atoms with E-state index < -0.39 is 12.0 Å². The molecule has 8 nitrogen and oxygen atoms in total. The number of aliphatic hydroxyl groups excluding tert-OH is 1. The lowest BCUT2D eigenvalue weighted by Gasteiger charge is -2.08. The second kappa shape index (κ2) is 6.25. The van der Waals surface area contributed by atoms with Gasteiger partial charge >= 0.3 is 0 Å². The lowest BCUT2D eigenvalue weighted by molar-refractivity contribution is 0.0919. The van der Waals surface area contributed by atoms with Crippen LogP contribution in [0.5, 0.6) is 0 Å². The number of aromatic amines is 1. The maximum absolute atomic E-state index is 12.1. The molecule has 0 saturated carbocycles. The molecule has 0 aliphatic heterocycles. The summed E-state index contributed by atoms with van der Waals surface area (Å²) < 4.78 is 0. The predicted octanol–water partition coefficient (Wildman–Crippen LogP) is 2.01. The molecule has 3 aromatic rings. The van der Waals surface area contributed by atoms with Gasteiger partial charge in [-0.2, -0.15) is 0 Å². The number of fused-ring (bicyclic) bond motifs is 1. The van der Waals surface area contributed by atoms with E-state index in [4.69, 9.17) is 5.73 Å². The van der Waals surface area contributed by atoms with Crippen LogP contribution in [0.1, 0.15) is 28.7 Å². The molecule has 1 amide bonds. The minimum atomic E-state index is -0.645. The van der Waals surface area contributed by atoms with Gasteiger partial charge < -0.3 is 21.1 Å². The first-order valence-corrected chi connectivity index (χ1v) is 7.49. The van der Waals surface area contributed by atoms with E-state index in [9.17, 15) is 9.90 Å². The van der Waals surface area contributed by atoms with Crippen molar-refractivity contribution >= 4 is 22.8 Å². The summed E-state index contributed by atoms with van der Waals surface area (Å²) in [5.74, 6) is 0.195. The van der Waals surface area contributed by atoms with Gasteiger partial charge in [-0.1, -0.05) is 6.07 Å². The highest BCUT2D eigenvalue weighted by atomic mass is 16.3. The molecule has 0 saturated heterocycles. The summed E-state index contributed by atoms with van der Waals surface area (Å²) >= 11 is 0. The summed E-state index contributed by atoms with van der Waals surface area (Å²) in [7, 11) is 0. The minimum absolute atomic E-state index is 0. The number of amides is 1. The number of imidazole rings is 1. The van der Waals surface area contributed by atoms with Crippen molar-refractivity contribution in [3.63, 3.8) is 0 Å². The number of rotatable bonds is 4. The maximum atomic E-state index is 12.1. The predicted molar refractivity (Wildman–Crippen MR) is 98.7 cm³/mol. The van der Waals surface area contributed by atoms with Crippen LogP contribution >= 0.6 is 0 Å².